The van der Waals surface area contributed by atoms with Crippen LogP contribution in [0.4, 0.5) is 5.82 Å². The van der Waals surface area contributed by atoms with Crippen molar-refractivity contribution < 1.29 is 9.53 Å². The Morgan fingerprint density at radius 1 is 1.00 bits per heavy atom. The zero-order valence-electron chi connectivity index (χ0n) is 16.3. The quantitative estimate of drug-likeness (QED) is 0.658. The molecule has 28 heavy (non-hydrogen) atoms. The van der Waals surface area contributed by atoms with Crippen LogP contribution in [0.15, 0.2) is 54.6 Å². The first-order chi connectivity index (χ1) is 13.5. The lowest BCUT2D eigenvalue weighted by Gasteiger charge is -2.11. The molecule has 0 spiro atoms. The monoisotopic (exact) mass is 376 g/mol. The van der Waals surface area contributed by atoms with Gasteiger partial charge in [0, 0.05) is 24.7 Å². The van der Waals surface area contributed by atoms with E-state index in [9.17, 15) is 4.79 Å². The maximum absolute atomic E-state index is 12.5. The molecule has 0 fully saturated rings. The van der Waals surface area contributed by atoms with Gasteiger partial charge in [0.25, 0.3) is 5.91 Å². The van der Waals surface area contributed by atoms with Gasteiger partial charge in [0.15, 0.2) is 0 Å². The van der Waals surface area contributed by atoms with E-state index < -0.39 is 0 Å². The molecule has 0 aliphatic rings. The lowest BCUT2D eigenvalue weighted by molar-refractivity contribution is 0.0945. The topological polar surface area (TPSA) is 76.1 Å². The van der Waals surface area contributed by atoms with Crippen molar-refractivity contribution in [2.45, 2.75) is 26.9 Å². The summed E-state index contributed by atoms with van der Waals surface area (Å²) in [5, 5.41) is 6.14. The summed E-state index contributed by atoms with van der Waals surface area (Å²) in [6, 6.07) is 17.5. The highest BCUT2D eigenvalue weighted by Gasteiger charge is 2.11. The third-order valence-corrected chi connectivity index (χ3v) is 4.30. The van der Waals surface area contributed by atoms with Crippen molar-refractivity contribution in [3.8, 4) is 5.75 Å². The Morgan fingerprint density at radius 3 is 2.50 bits per heavy atom. The number of nitrogens with one attached hydrogen (secondary N) is 2. The van der Waals surface area contributed by atoms with E-state index in [-0.39, 0.29) is 5.91 Å². The molecule has 0 unspecified atom stereocenters. The third kappa shape index (κ3) is 5.07. The van der Waals surface area contributed by atoms with Gasteiger partial charge in [-0.25, -0.2) is 9.97 Å². The highest BCUT2D eigenvalue weighted by Crippen LogP contribution is 2.18. The summed E-state index contributed by atoms with van der Waals surface area (Å²) in [6.45, 7) is 4.79. The van der Waals surface area contributed by atoms with E-state index in [0.29, 0.717) is 30.4 Å². The van der Waals surface area contributed by atoms with Crippen molar-refractivity contribution >= 4 is 11.7 Å². The smallest absolute Gasteiger partial charge is 0.270 e. The minimum absolute atomic E-state index is 0.230. The summed E-state index contributed by atoms with van der Waals surface area (Å²) < 4.78 is 5.36. The van der Waals surface area contributed by atoms with Crippen LogP contribution in [0.3, 0.4) is 0 Å². The molecular weight excluding hydrogens is 352 g/mol. The molecule has 2 N–H and O–H groups in total. The molecular formula is C22H24N4O2. The number of aryl methyl sites for hydroxylation is 2. The third-order valence-electron chi connectivity index (χ3n) is 4.30. The summed E-state index contributed by atoms with van der Waals surface area (Å²) in [6.07, 6.45) is 0. The number of ether oxygens (including phenoxy) is 1. The summed E-state index contributed by atoms with van der Waals surface area (Å²) in [4.78, 5) is 21.1. The van der Waals surface area contributed by atoms with E-state index in [2.05, 4.69) is 20.6 Å². The number of benzene rings is 2. The molecule has 0 aliphatic carbocycles. The Labute approximate surface area is 165 Å². The molecule has 6 nitrogen and oxygen atoms in total. The second-order valence-electron chi connectivity index (χ2n) is 6.52. The number of aromatic nitrogens is 2. The first-order valence-corrected chi connectivity index (χ1v) is 9.10. The van der Waals surface area contributed by atoms with Crippen molar-refractivity contribution in [3.05, 3.63) is 82.8 Å². The van der Waals surface area contributed by atoms with Crippen molar-refractivity contribution in [2.75, 3.05) is 12.4 Å². The van der Waals surface area contributed by atoms with E-state index in [0.717, 1.165) is 16.9 Å². The number of methoxy groups -OCH3 is 1. The van der Waals surface area contributed by atoms with Crippen LogP contribution in [0.2, 0.25) is 0 Å². The molecule has 3 aromatic rings. The van der Waals surface area contributed by atoms with Gasteiger partial charge in [-0.3, -0.25) is 4.79 Å². The molecule has 6 heteroatoms. The molecule has 0 atom stereocenters. The van der Waals surface area contributed by atoms with Crippen LogP contribution in [0.5, 0.6) is 5.75 Å². The predicted octanol–water partition coefficient (Wildman–Crippen LogP) is 3.64. The Bertz CT molecular complexity index is 955. The number of nitrogens with zero attached hydrogens (tertiary/aromatic N) is 2. The summed E-state index contributed by atoms with van der Waals surface area (Å²) in [7, 11) is 1.64. The first kappa shape index (κ1) is 19.4. The van der Waals surface area contributed by atoms with Gasteiger partial charge in [-0.15, -0.1) is 0 Å². The summed E-state index contributed by atoms with van der Waals surface area (Å²) >= 11 is 0. The molecule has 0 saturated heterocycles. The van der Waals surface area contributed by atoms with Gasteiger partial charge in [-0.1, -0.05) is 48.0 Å². The molecule has 1 aromatic heterocycles. The largest absolute Gasteiger partial charge is 0.496 e. The zero-order valence-corrected chi connectivity index (χ0v) is 16.3. The molecule has 1 amide bonds. The van der Waals surface area contributed by atoms with Gasteiger partial charge in [0.05, 0.1) is 7.11 Å². The molecule has 1 heterocycles. The lowest BCUT2D eigenvalue weighted by atomic mass is 10.1. The van der Waals surface area contributed by atoms with Crippen LogP contribution in [0, 0.1) is 13.8 Å². The standard InChI is InChI=1S/C22H24N4O2/c1-15-8-10-17(11-9-15)13-24-22(27)19-12-21(26-16(2)25-19)23-14-18-6-4-5-7-20(18)28-3/h4-12H,13-14H2,1-3H3,(H,24,27)(H,23,25,26). The minimum atomic E-state index is -0.230. The predicted molar refractivity (Wildman–Crippen MR) is 109 cm³/mol. The van der Waals surface area contributed by atoms with Gasteiger partial charge < -0.3 is 15.4 Å². The van der Waals surface area contributed by atoms with Crippen LogP contribution >= 0.6 is 0 Å². The average Bonchev–Trinajstić information content (AvgIpc) is 2.71. The van der Waals surface area contributed by atoms with Gasteiger partial charge in [0.2, 0.25) is 0 Å². The SMILES string of the molecule is COc1ccccc1CNc1cc(C(=O)NCc2ccc(C)cc2)nc(C)n1. The Balaban J connectivity index is 1.66. The van der Waals surface area contributed by atoms with E-state index >= 15 is 0 Å². The Kier molecular flexibility index (Phi) is 6.22. The zero-order chi connectivity index (χ0) is 19.9. The van der Waals surface area contributed by atoms with Crippen molar-refractivity contribution in [3.63, 3.8) is 0 Å². The fraction of sp³-hybridized carbons (Fsp3) is 0.227. The molecule has 0 aliphatic heterocycles. The van der Waals surface area contributed by atoms with E-state index in [4.69, 9.17) is 4.74 Å². The second kappa shape index (κ2) is 8.99. The number of para-hydroxylation sites is 1. The molecule has 0 radical (unpaired) electrons. The van der Waals surface area contributed by atoms with Gasteiger partial charge in [-0.2, -0.15) is 0 Å². The fourth-order valence-electron chi connectivity index (χ4n) is 2.79. The van der Waals surface area contributed by atoms with Crippen LogP contribution in [-0.2, 0) is 13.1 Å². The summed E-state index contributed by atoms with van der Waals surface area (Å²) in [5.74, 6) is 1.70. The lowest BCUT2D eigenvalue weighted by Crippen LogP contribution is -2.24. The summed E-state index contributed by atoms with van der Waals surface area (Å²) in [5.41, 5.74) is 3.57. The van der Waals surface area contributed by atoms with Crippen LogP contribution < -0.4 is 15.4 Å². The molecule has 144 valence electrons. The highest BCUT2D eigenvalue weighted by molar-refractivity contribution is 5.92. The second-order valence-corrected chi connectivity index (χ2v) is 6.52. The van der Waals surface area contributed by atoms with Crippen LogP contribution in [0.25, 0.3) is 0 Å². The first-order valence-electron chi connectivity index (χ1n) is 9.10. The number of carbonyl (C=O) groups is 1. The maximum Gasteiger partial charge on any atom is 0.270 e. The van der Waals surface area contributed by atoms with Crippen molar-refractivity contribution in [1.82, 2.24) is 15.3 Å². The number of rotatable bonds is 7. The minimum Gasteiger partial charge on any atom is -0.496 e. The van der Waals surface area contributed by atoms with Crippen LogP contribution in [-0.4, -0.2) is 23.0 Å². The van der Waals surface area contributed by atoms with E-state index in [1.54, 1.807) is 20.1 Å². The fourth-order valence-corrected chi connectivity index (χ4v) is 2.79. The Morgan fingerprint density at radius 2 is 1.75 bits per heavy atom. The number of amides is 1. The number of anilines is 1. The van der Waals surface area contributed by atoms with Crippen molar-refractivity contribution in [1.29, 1.82) is 0 Å². The number of hydrogen-bond donors (Lipinski definition) is 2. The Hall–Kier alpha value is -3.41. The normalized spacial score (nSPS) is 10.4. The number of carbonyl (C=O) groups excluding carboxylic acids is 1. The van der Waals surface area contributed by atoms with E-state index in [1.165, 1.54) is 5.56 Å². The van der Waals surface area contributed by atoms with Crippen molar-refractivity contribution in [2.24, 2.45) is 0 Å². The molecule has 0 saturated carbocycles. The van der Waals surface area contributed by atoms with E-state index in [1.807, 2.05) is 55.5 Å². The molecule has 3 rings (SSSR count). The average molecular weight is 376 g/mol. The van der Waals surface area contributed by atoms with Gasteiger partial charge >= 0.3 is 0 Å². The molecule has 2 aromatic carbocycles. The highest BCUT2D eigenvalue weighted by atomic mass is 16.5. The van der Waals surface area contributed by atoms with Crippen LogP contribution in [0.1, 0.15) is 33.0 Å². The van der Waals surface area contributed by atoms with Gasteiger partial charge in [-0.05, 0) is 25.5 Å². The van der Waals surface area contributed by atoms with Gasteiger partial charge in [0.1, 0.15) is 23.1 Å². The number of hydrogen-bond acceptors (Lipinski definition) is 5. The maximum atomic E-state index is 12.5. The molecule has 0 bridgehead atoms.